The third kappa shape index (κ3) is 1.99. The lowest BCUT2D eigenvalue weighted by Gasteiger charge is -2.19. The van der Waals surface area contributed by atoms with Crippen molar-refractivity contribution < 1.29 is 9.59 Å². The van der Waals surface area contributed by atoms with Gasteiger partial charge in [-0.2, -0.15) is 14.9 Å². The molecule has 0 unspecified atom stereocenters. The van der Waals surface area contributed by atoms with Gasteiger partial charge in [-0.1, -0.05) is 20.8 Å². The molecule has 0 aromatic carbocycles. The van der Waals surface area contributed by atoms with Crippen LogP contribution in [-0.2, 0) is 9.59 Å². The zero-order valence-electron chi connectivity index (χ0n) is 8.50. The average molecular weight is 192 g/mol. The van der Waals surface area contributed by atoms with Crippen molar-refractivity contribution in [2.45, 2.75) is 32.7 Å². The first-order chi connectivity index (χ1) is 6.39. The molecule has 74 valence electrons. The molecule has 4 heteroatoms. The van der Waals surface area contributed by atoms with Crippen LogP contribution in [0.2, 0.25) is 0 Å². The molecule has 0 heterocycles. The second-order valence-corrected chi connectivity index (χ2v) is 4.26. The van der Waals surface area contributed by atoms with E-state index in [1.807, 2.05) is 20.8 Å². The van der Waals surface area contributed by atoms with Gasteiger partial charge in [0.25, 0.3) is 5.54 Å². The average Bonchev–Trinajstić information content (AvgIpc) is 2.79. The van der Waals surface area contributed by atoms with E-state index in [0.29, 0.717) is 0 Å². The fraction of sp³-hybridized carbons (Fsp3) is 0.700. The molecule has 0 saturated heterocycles. The maximum absolute atomic E-state index is 8.64. The minimum atomic E-state index is -0.373. The van der Waals surface area contributed by atoms with E-state index in [2.05, 4.69) is 10.9 Å². The molecule has 0 aromatic rings. The molecule has 1 saturated carbocycles. The van der Waals surface area contributed by atoms with Crippen LogP contribution in [0, 0.1) is 29.2 Å². The smallest absolute Gasteiger partial charge is 0.308 e. The van der Waals surface area contributed by atoms with Gasteiger partial charge < -0.3 is 4.85 Å². The lowest BCUT2D eigenvalue weighted by molar-refractivity contribution is -0.191. The monoisotopic (exact) mass is 192 g/mol. The number of rotatable bonds is 0. The summed E-state index contributed by atoms with van der Waals surface area (Å²) in [5.74, 6) is -0.0278. The maximum atomic E-state index is 8.64. The van der Waals surface area contributed by atoms with Crippen molar-refractivity contribution in [1.82, 2.24) is 0 Å². The number of hydrogen-bond donors (Lipinski definition) is 0. The van der Waals surface area contributed by atoms with E-state index >= 15 is 0 Å². The first kappa shape index (κ1) is 12.4. The standard InChI is InChI=1S/C9H12N2.CO2/c1-8(2,3)9(11-4)5-7(9)6-10;2-1-3/h7H,5H2,1-3H3;/t7-,9-;/m0./s1. The minimum absolute atomic E-state index is 0.0278. The number of carbonyl (C=O) groups excluding carboxylic acids is 2. The van der Waals surface area contributed by atoms with Gasteiger partial charge in [-0.05, 0) is 0 Å². The van der Waals surface area contributed by atoms with Gasteiger partial charge in [0.05, 0.1) is 12.5 Å². The van der Waals surface area contributed by atoms with Gasteiger partial charge in [0, 0.05) is 5.41 Å². The predicted octanol–water partition coefficient (Wildman–Crippen LogP) is 1.65. The number of nitrogens with zero attached hydrogens (tertiary/aromatic N) is 2. The Kier molecular flexibility index (Phi) is 3.57. The topological polar surface area (TPSA) is 62.3 Å². The van der Waals surface area contributed by atoms with Crippen molar-refractivity contribution in [3.05, 3.63) is 11.4 Å². The Balaban J connectivity index is 0.000000500. The predicted molar refractivity (Wildman–Crippen MR) is 47.5 cm³/mol. The molecule has 0 spiro atoms. The Morgan fingerprint density at radius 1 is 1.50 bits per heavy atom. The van der Waals surface area contributed by atoms with Gasteiger partial charge in [-0.15, -0.1) is 0 Å². The summed E-state index contributed by atoms with van der Waals surface area (Å²) in [7, 11) is 0. The molecule has 0 N–H and O–H groups in total. The van der Waals surface area contributed by atoms with Crippen molar-refractivity contribution in [1.29, 1.82) is 5.26 Å². The third-order valence-corrected chi connectivity index (χ3v) is 2.59. The summed E-state index contributed by atoms with van der Waals surface area (Å²) in [6, 6.07) is 2.17. The van der Waals surface area contributed by atoms with Crippen molar-refractivity contribution >= 4 is 6.15 Å². The van der Waals surface area contributed by atoms with Crippen LogP contribution in [-0.4, -0.2) is 11.7 Å². The summed E-state index contributed by atoms with van der Waals surface area (Å²) in [4.78, 5) is 19.8. The van der Waals surface area contributed by atoms with Gasteiger partial charge in [0.15, 0.2) is 0 Å². The Morgan fingerprint density at radius 2 is 1.93 bits per heavy atom. The van der Waals surface area contributed by atoms with E-state index in [0.717, 1.165) is 6.42 Å². The first-order valence-electron chi connectivity index (χ1n) is 4.17. The SMILES string of the molecule is O=C=O.[C-]#[N+][C@@]1(C(C)(C)C)C[C@H]1C#N. The molecular weight excluding hydrogens is 180 g/mol. The van der Waals surface area contributed by atoms with Crippen LogP contribution in [0.25, 0.3) is 4.85 Å². The van der Waals surface area contributed by atoms with Gasteiger partial charge in [-0.3, -0.25) is 0 Å². The lowest BCUT2D eigenvalue weighted by atomic mass is 9.83. The van der Waals surface area contributed by atoms with E-state index in [4.69, 9.17) is 21.4 Å². The number of hydrogen-bond acceptors (Lipinski definition) is 3. The molecule has 1 aliphatic rings. The van der Waals surface area contributed by atoms with Crippen molar-refractivity contribution in [3.63, 3.8) is 0 Å². The van der Waals surface area contributed by atoms with Gasteiger partial charge in [0.1, 0.15) is 5.92 Å². The molecule has 1 fully saturated rings. The highest BCUT2D eigenvalue weighted by atomic mass is 16.2. The van der Waals surface area contributed by atoms with E-state index in [9.17, 15) is 0 Å². The highest BCUT2D eigenvalue weighted by Gasteiger charge is 2.69. The Labute approximate surface area is 83.3 Å². The zero-order valence-corrected chi connectivity index (χ0v) is 8.50. The fourth-order valence-corrected chi connectivity index (χ4v) is 1.52. The molecule has 0 aromatic heterocycles. The summed E-state index contributed by atoms with van der Waals surface area (Å²) >= 11 is 0. The Bertz CT molecular complexity index is 324. The minimum Gasteiger partial charge on any atom is -0.308 e. The molecule has 0 aliphatic heterocycles. The summed E-state index contributed by atoms with van der Waals surface area (Å²) in [5, 5.41) is 8.64. The molecule has 0 bridgehead atoms. The summed E-state index contributed by atoms with van der Waals surface area (Å²) in [5.41, 5.74) is -0.420. The first-order valence-corrected chi connectivity index (χ1v) is 4.17. The van der Waals surface area contributed by atoms with Crippen molar-refractivity contribution in [2.75, 3.05) is 0 Å². The summed E-state index contributed by atoms with van der Waals surface area (Å²) in [6.45, 7) is 13.1. The van der Waals surface area contributed by atoms with Crippen LogP contribution in [0.3, 0.4) is 0 Å². The second-order valence-electron chi connectivity index (χ2n) is 4.26. The van der Waals surface area contributed by atoms with E-state index < -0.39 is 0 Å². The van der Waals surface area contributed by atoms with Crippen LogP contribution >= 0.6 is 0 Å². The van der Waals surface area contributed by atoms with Crippen LogP contribution in [0.15, 0.2) is 0 Å². The Morgan fingerprint density at radius 3 is 2.00 bits per heavy atom. The second kappa shape index (κ2) is 4.05. The molecule has 4 nitrogen and oxygen atoms in total. The van der Waals surface area contributed by atoms with Crippen molar-refractivity contribution in [3.8, 4) is 6.07 Å². The van der Waals surface area contributed by atoms with Crippen LogP contribution in [0.5, 0.6) is 0 Å². The normalized spacial score (nSPS) is 28.5. The number of nitriles is 1. The highest BCUT2D eigenvalue weighted by molar-refractivity contribution is 5.29. The van der Waals surface area contributed by atoms with Crippen LogP contribution < -0.4 is 0 Å². The largest absolute Gasteiger partial charge is 0.373 e. The summed E-state index contributed by atoms with van der Waals surface area (Å²) in [6.07, 6.45) is 1.01. The molecule has 0 radical (unpaired) electrons. The van der Waals surface area contributed by atoms with Crippen LogP contribution in [0.1, 0.15) is 27.2 Å². The zero-order chi connectivity index (χ0) is 11.4. The fourth-order valence-electron chi connectivity index (χ4n) is 1.52. The molecule has 1 rings (SSSR count). The molecule has 2 atom stereocenters. The Hall–Kier alpha value is -1.64. The molecule has 0 amide bonds. The quantitative estimate of drug-likeness (QED) is 0.548. The van der Waals surface area contributed by atoms with Gasteiger partial charge in [-0.25, -0.2) is 6.57 Å². The van der Waals surface area contributed by atoms with E-state index in [1.165, 1.54) is 0 Å². The highest BCUT2D eigenvalue weighted by Crippen LogP contribution is 2.57. The van der Waals surface area contributed by atoms with E-state index in [-0.39, 0.29) is 23.0 Å². The molecular formula is C10H12N2O2. The van der Waals surface area contributed by atoms with Gasteiger partial charge in [0.2, 0.25) is 0 Å². The van der Waals surface area contributed by atoms with Gasteiger partial charge >= 0.3 is 6.15 Å². The molecule has 1 aliphatic carbocycles. The maximum Gasteiger partial charge on any atom is 0.373 e. The molecule has 14 heavy (non-hydrogen) atoms. The lowest BCUT2D eigenvalue weighted by Crippen LogP contribution is -2.26. The van der Waals surface area contributed by atoms with Crippen molar-refractivity contribution in [2.24, 2.45) is 11.3 Å². The van der Waals surface area contributed by atoms with Crippen LogP contribution in [0.4, 0.5) is 0 Å². The van der Waals surface area contributed by atoms with E-state index in [1.54, 1.807) is 0 Å². The third-order valence-electron chi connectivity index (χ3n) is 2.59. The summed E-state index contributed by atoms with van der Waals surface area (Å²) < 4.78 is 0.